The number of carbonyl (C=O) groups is 3. The van der Waals surface area contributed by atoms with Crippen molar-refractivity contribution in [1.29, 1.82) is 0 Å². The number of nitro benzene ring substituents is 1. The molecule has 2 aromatic carbocycles. The molecule has 0 radical (unpaired) electrons. The van der Waals surface area contributed by atoms with Gasteiger partial charge in [0.1, 0.15) is 0 Å². The number of rotatable bonds is 9. The third-order valence-electron chi connectivity index (χ3n) is 4.90. The normalized spacial score (nSPS) is 12.8. The number of fused-ring (bicyclic) bond motifs is 1. The van der Waals surface area contributed by atoms with E-state index < -0.39 is 22.7 Å². The maximum Gasteiger partial charge on any atom is 0.338 e. The van der Waals surface area contributed by atoms with Crippen LogP contribution in [0.15, 0.2) is 42.5 Å². The van der Waals surface area contributed by atoms with Gasteiger partial charge in [0.25, 0.3) is 17.5 Å². The molecule has 2 aromatic rings. The Balaban J connectivity index is 1.73. The quantitative estimate of drug-likeness (QED) is 0.198. The highest BCUT2D eigenvalue weighted by Gasteiger charge is 2.37. The molecule has 0 unspecified atom stereocenters. The Labute approximate surface area is 173 Å². The third-order valence-corrected chi connectivity index (χ3v) is 4.90. The second-order valence-electron chi connectivity index (χ2n) is 7.03. The molecule has 0 aromatic heterocycles. The molecule has 0 atom stereocenters. The van der Waals surface area contributed by atoms with Crippen molar-refractivity contribution in [3.8, 4) is 0 Å². The largest absolute Gasteiger partial charge is 0.462 e. The molecule has 156 valence electrons. The average Bonchev–Trinajstić information content (AvgIpc) is 3.00. The molecule has 0 N–H and O–H groups in total. The lowest BCUT2D eigenvalue weighted by Gasteiger charge is -2.13. The van der Waals surface area contributed by atoms with Gasteiger partial charge in [-0.1, -0.05) is 38.7 Å². The average molecular weight is 410 g/mol. The summed E-state index contributed by atoms with van der Waals surface area (Å²) in [5, 5.41) is 11.0. The summed E-state index contributed by atoms with van der Waals surface area (Å²) < 4.78 is 5.26. The van der Waals surface area contributed by atoms with Gasteiger partial charge >= 0.3 is 5.97 Å². The predicted molar refractivity (Wildman–Crippen MR) is 110 cm³/mol. The lowest BCUT2D eigenvalue weighted by Crippen LogP contribution is -2.29. The van der Waals surface area contributed by atoms with Crippen LogP contribution in [0.4, 0.5) is 11.4 Å². The first-order chi connectivity index (χ1) is 14.4. The Morgan fingerprint density at radius 1 is 1.00 bits per heavy atom. The van der Waals surface area contributed by atoms with Gasteiger partial charge in [0.05, 0.1) is 33.9 Å². The minimum Gasteiger partial charge on any atom is -0.462 e. The Bertz CT molecular complexity index is 1000. The van der Waals surface area contributed by atoms with Gasteiger partial charge in [0.2, 0.25) is 0 Å². The number of esters is 1. The number of nitro groups is 1. The number of benzene rings is 2. The van der Waals surface area contributed by atoms with Crippen LogP contribution in [0.2, 0.25) is 0 Å². The molecular weight excluding hydrogens is 388 g/mol. The van der Waals surface area contributed by atoms with E-state index in [1.165, 1.54) is 36.4 Å². The SMILES string of the molecule is CCCCCCCOC(=O)c1ccc2c(c1)C(=O)N(c1cccc([N+](=O)[O-])c1)C2=O. The Morgan fingerprint density at radius 3 is 2.47 bits per heavy atom. The van der Waals surface area contributed by atoms with E-state index in [1.54, 1.807) is 0 Å². The standard InChI is InChI=1S/C22H22N2O6/c1-2-3-4-5-6-12-30-22(27)15-10-11-18-19(13-15)21(26)23(20(18)25)16-8-7-9-17(14-16)24(28)29/h7-11,13-14H,2-6,12H2,1H3. The lowest BCUT2D eigenvalue weighted by atomic mass is 10.1. The van der Waals surface area contributed by atoms with E-state index in [9.17, 15) is 24.5 Å². The second kappa shape index (κ2) is 9.30. The van der Waals surface area contributed by atoms with E-state index in [1.807, 2.05) is 0 Å². The van der Waals surface area contributed by atoms with Crippen molar-refractivity contribution in [2.24, 2.45) is 0 Å². The van der Waals surface area contributed by atoms with Crippen LogP contribution in [-0.4, -0.2) is 29.3 Å². The number of amides is 2. The maximum absolute atomic E-state index is 12.8. The Kier molecular flexibility index (Phi) is 6.56. The molecule has 0 spiro atoms. The minimum absolute atomic E-state index is 0.0731. The van der Waals surface area contributed by atoms with Crippen LogP contribution < -0.4 is 4.90 Å². The zero-order valence-corrected chi connectivity index (χ0v) is 16.6. The highest BCUT2D eigenvalue weighted by molar-refractivity contribution is 6.34. The van der Waals surface area contributed by atoms with E-state index in [4.69, 9.17) is 4.74 Å². The molecule has 2 amide bonds. The lowest BCUT2D eigenvalue weighted by molar-refractivity contribution is -0.384. The van der Waals surface area contributed by atoms with Crippen molar-refractivity contribution >= 4 is 29.2 Å². The number of unbranched alkanes of at least 4 members (excludes halogenated alkanes) is 4. The molecule has 0 bridgehead atoms. The van der Waals surface area contributed by atoms with Gasteiger partial charge in [-0.05, 0) is 30.7 Å². The molecule has 0 aliphatic carbocycles. The number of non-ortho nitro benzene ring substituents is 1. The molecule has 1 aliphatic heterocycles. The first-order valence-electron chi connectivity index (χ1n) is 9.88. The van der Waals surface area contributed by atoms with Crippen LogP contribution in [0.5, 0.6) is 0 Å². The van der Waals surface area contributed by atoms with Crippen LogP contribution in [0.3, 0.4) is 0 Å². The van der Waals surface area contributed by atoms with Gasteiger partial charge in [0, 0.05) is 12.1 Å². The van der Waals surface area contributed by atoms with Crippen LogP contribution in [0, 0.1) is 10.1 Å². The van der Waals surface area contributed by atoms with E-state index >= 15 is 0 Å². The topological polar surface area (TPSA) is 107 Å². The van der Waals surface area contributed by atoms with Crippen molar-refractivity contribution in [3.05, 3.63) is 69.3 Å². The fraction of sp³-hybridized carbons (Fsp3) is 0.318. The molecule has 0 fully saturated rings. The number of hydrogen-bond acceptors (Lipinski definition) is 6. The Morgan fingerprint density at radius 2 is 1.73 bits per heavy atom. The smallest absolute Gasteiger partial charge is 0.338 e. The van der Waals surface area contributed by atoms with Crippen LogP contribution in [-0.2, 0) is 4.74 Å². The highest BCUT2D eigenvalue weighted by Crippen LogP contribution is 2.31. The van der Waals surface area contributed by atoms with Crippen LogP contribution in [0.25, 0.3) is 0 Å². The zero-order valence-electron chi connectivity index (χ0n) is 16.6. The number of imide groups is 1. The summed E-state index contributed by atoms with van der Waals surface area (Å²) in [7, 11) is 0. The van der Waals surface area contributed by atoms with Gasteiger partial charge in [-0.3, -0.25) is 19.7 Å². The van der Waals surface area contributed by atoms with E-state index in [2.05, 4.69) is 6.92 Å². The van der Waals surface area contributed by atoms with Gasteiger partial charge < -0.3 is 4.74 Å². The van der Waals surface area contributed by atoms with Crippen molar-refractivity contribution < 1.29 is 24.0 Å². The Hall–Kier alpha value is -3.55. The molecule has 30 heavy (non-hydrogen) atoms. The van der Waals surface area contributed by atoms with E-state index in [-0.39, 0.29) is 28.1 Å². The summed E-state index contributed by atoms with van der Waals surface area (Å²) in [4.78, 5) is 49.1. The zero-order chi connectivity index (χ0) is 21.7. The highest BCUT2D eigenvalue weighted by atomic mass is 16.6. The summed E-state index contributed by atoms with van der Waals surface area (Å²) in [5.74, 6) is -1.78. The summed E-state index contributed by atoms with van der Waals surface area (Å²) >= 11 is 0. The first-order valence-corrected chi connectivity index (χ1v) is 9.88. The molecule has 0 saturated carbocycles. The number of nitrogens with zero attached hydrogens (tertiary/aromatic N) is 2. The van der Waals surface area contributed by atoms with Crippen LogP contribution >= 0.6 is 0 Å². The fourth-order valence-corrected chi connectivity index (χ4v) is 3.30. The molecular formula is C22H22N2O6. The minimum atomic E-state index is -0.635. The molecule has 0 saturated heterocycles. The van der Waals surface area contributed by atoms with E-state index in [0.717, 1.165) is 43.1 Å². The van der Waals surface area contributed by atoms with Crippen LogP contribution in [0.1, 0.15) is 70.1 Å². The fourth-order valence-electron chi connectivity index (χ4n) is 3.30. The predicted octanol–water partition coefficient (Wildman–Crippen LogP) is 4.52. The number of carbonyl (C=O) groups excluding carboxylic acids is 3. The molecule has 1 heterocycles. The second-order valence-corrected chi connectivity index (χ2v) is 7.03. The first kappa shape index (κ1) is 21.2. The molecule has 8 heteroatoms. The van der Waals surface area contributed by atoms with Crippen molar-refractivity contribution in [2.75, 3.05) is 11.5 Å². The molecule has 8 nitrogen and oxygen atoms in total. The third kappa shape index (κ3) is 4.37. The van der Waals surface area contributed by atoms with Crippen molar-refractivity contribution in [3.63, 3.8) is 0 Å². The monoisotopic (exact) mass is 410 g/mol. The molecule has 1 aliphatic rings. The summed E-state index contributed by atoms with van der Waals surface area (Å²) in [6.45, 7) is 2.42. The number of ether oxygens (including phenoxy) is 1. The van der Waals surface area contributed by atoms with Crippen molar-refractivity contribution in [2.45, 2.75) is 39.0 Å². The van der Waals surface area contributed by atoms with Gasteiger partial charge in [0.15, 0.2) is 0 Å². The maximum atomic E-state index is 12.8. The van der Waals surface area contributed by atoms with Gasteiger partial charge in [-0.25, -0.2) is 9.69 Å². The summed E-state index contributed by atoms with van der Waals surface area (Å²) in [5.41, 5.74) is 0.273. The number of hydrogen-bond donors (Lipinski definition) is 0. The van der Waals surface area contributed by atoms with Gasteiger partial charge in [-0.2, -0.15) is 0 Å². The van der Waals surface area contributed by atoms with Crippen molar-refractivity contribution in [1.82, 2.24) is 0 Å². The number of anilines is 1. The van der Waals surface area contributed by atoms with E-state index in [0.29, 0.717) is 6.61 Å². The summed E-state index contributed by atoms with van der Waals surface area (Å²) in [6, 6.07) is 9.48. The summed E-state index contributed by atoms with van der Waals surface area (Å²) in [6.07, 6.45) is 5.13. The molecule has 3 rings (SSSR count). The van der Waals surface area contributed by atoms with Gasteiger partial charge in [-0.15, -0.1) is 0 Å².